The highest BCUT2D eigenvalue weighted by molar-refractivity contribution is 9.10. The van der Waals surface area contributed by atoms with E-state index < -0.39 is 0 Å². The second-order valence-electron chi connectivity index (χ2n) is 10.9. The van der Waals surface area contributed by atoms with Gasteiger partial charge in [0.25, 0.3) is 5.56 Å². The third-order valence-corrected chi connectivity index (χ3v) is 8.19. The Morgan fingerprint density at radius 1 is 1.02 bits per heavy atom. The van der Waals surface area contributed by atoms with Gasteiger partial charge in [0.05, 0.1) is 23.3 Å². The lowest BCUT2D eigenvalue weighted by atomic mass is 9.95. The molecular weight excluding hydrogens is 594 g/mol. The molecule has 0 aliphatic heterocycles. The summed E-state index contributed by atoms with van der Waals surface area (Å²) < 4.78 is 9.21. The van der Waals surface area contributed by atoms with Crippen LogP contribution in [0.15, 0.2) is 32.3 Å². The van der Waals surface area contributed by atoms with Crippen molar-refractivity contribution in [3.8, 4) is 5.75 Å². The number of hydrogen-bond acceptors (Lipinski definition) is 6. The van der Waals surface area contributed by atoms with Crippen LogP contribution in [0.25, 0.3) is 0 Å². The molecule has 2 N–H and O–H groups in total. The number of rotatable bonds is 12. The molecule has 1 heterocycles. The fourth-order valence-corrected chi connectivity index (χ4v) is 5.68. The molecule has 0 radical (unpaired) electrons. The van der Waals surface area contributed by atoms with Crippen molar-refractivity contribution in [2.45, 2.75) is 126 Å². The van der Waals surface area contributed by atoms with Gasteiger partial charge in [-0.1, -0.05) is 66.4 Å². The fraction of sp³-hybridized carbons (Fsp3) is 0.697. The maximum absolute atomic E-state index is 13.0. The number of halogens is 1. The lowest BCUT2D eigenvalue weighted by Crippen LogP contribution is -2.47. The summed E-state index contributed by atoms with van der Waals surface area (Å²) in [5.74, 6) is 1.55. The highest BCUT2D eigenvalue weighted by atomic mass is 79.9. The largest absolute Gasteiger partial charge is 0.496 e. The van der Waals surface area contributed by atoms with E-state index in [1.54, 1.807) is 11.7 Å². The van der Waals surface area contributed by atoms with Gasteiger partial charge in [0.15, 0.2) is 0 Å². The Bertz CT molecular complexity index is 1150. The Balaban J connectivity index is 0.000000520. The molecule has 1 aliphatic rings. The molecule has 8 nitrogen and oxygen atoms in total. The van der Waals surface area contributed by atoms with Gasteiger partial charge in [0.2, 0.25) is 0 Å². The van der Waals surface area contributed by atoms with E-state index in [0.717, 1.165) is 36.3 Å². The predicted octanol–water partition coefficient (Wildman–Crippen LogP) is 6.80. The average molecular weight is 653 g/mol. The summed E-state index contributed by atoms with van der Waals surface area (Å²) in [6.07, 6.45) is 8.54. The SMILES string of the molecule is CCC.CCN(CC)CCn1c(NC(C)NC2CCCCC2)c(C)c(=O)n(CC)c1=O.CCc1ccc(OC)c(Br)c1. The van der Waals surface area contributed by atoms with E-state index >= 15 is 0 Å². The number of likely N-dealkylation sites (N-methyl/N-ethyl adjacent to an activating group) is 1. The highest BCUT2D eigenvalue weighted by Gasteiger charge is 2.20. The second kappa shape index (κ2) is 20.7. The summed E-state index contributed by atoms with van der Waals surface area (Å²) in [4.78, 5) is 28.0. The number of benzene rings is 1. The van der Waals surface area contributed by atoms with Crippen LogP contribution in [0.3, 0.4) is 0 Å². The number of nitrogens with zero attached hydrogens (tertiary/aromatic N) is 3. The molecule has 0 bridgehead atoms. The molecule has 3 rings (SSSR count). The first-order valence-corrected chi connectivity index (χ1v) is 16.8. The van der Waals surface area contributed by atoms with Crippen LogP contribution < -0.4 is 26.6 Å². The molecule has 1 atom stereocenters. The molecule has 42 heavy (non-hydrogen) atoms. The molecule has 0 spiro atoms. The molecule has 1 unspecified atom stereocenters. The molecular formula is C33H58BrN5O3. The Labute approximate surface area is 263 Å². The molecule has 0 amide bonds. The van der Waals surface area contributed by atoms with Gasteiger partial charge >= 0.3 is 5.69 Å². The smallest absolute Gasteiger partial charge is 0.332 e. The summed E-state index contributed by atoms with van der Waals surface area (Å²) in [6, 6.07) is 6.63. The lowest BCUT2D eigenvalue weighted by molar-refractivity contribution is 0.287. The van der Waals surface area contributed by atoms with Gasteiger partial charge in [-0.05, 0) is 86.7 Å². The van der Waals surface area contributed by atoms with Crippen LogP contribution in [0.2, 0.25) is 0 Å². The number of aromatic nitrogens is 2. The first-order valence-electron chi connectivity index (χ1n) is 16.0. The van der Waals surface area contributed by atoms with Gasteiger partial charge in [0, 0.05) is 25.7 Å². The lowest BCUT2D eigenvalue weighted by Gasteiger charge is -2.29. The molecule has 1 aromatic carbocycles. The molecule has 9 heteroatoms. The number of ether oxygens (including phenoxy) is 1. The van der Waals surface area contributed by atoms with Gasteiger partial charge in [-0.15, -0.1) is 0 Å². The van der Waals surface area contributed by atoms with Crippen LogP contribution in [0.4, 0.5) is 5.82 Å². The van der Waals surface area contributed by atoms with Gasteiger partial charge < -0.3 is 15.0 Å². The normalized spacial score (nSPS) is 14.0. The van der Waals surface area contributed by atoms with Crippen molar-refractivity contribution in [2.24, 2.45) is 0 Å². The first kappa shape index (κ1) is 37.9. The number of hydrogen-bond donors (Lipinski definition) is 2. The van der Waals surface area contributed by atoms with E-state index in [4.69, 9.17) is 4.74 Å². The van der Waals surface area contributed by atoms with Crippen molar-refractivity contribution in [3.05, 3.63) is 54.6 Å². The minimum absolute atomic E-state index is 0.00206. The monoisotopic (exact) mass is 651 g/mol. The van der Waals surface area contributed by atoms with Crippen molar-refractivity contribution < 1.29 is 4.74 Å². The molecule has 1 saturated carbocycles. The second-order valence-corrected chi connectivity index (χ2v) is 11.7. The maximum atomic E-state index is 13.0. The fourth-order valence-electron chi connectivity index (χ4n) is 5.09. The van der Waals surface area contributed by atoms with Crippen LogP contribution >= 0.6 is 15.9 Å². The summed E-state index contributed by atoms with van der Waals surface area (Å²) in [5.41, 5.74) is 1.51. The zero-order chi connectivity index (χ0) is 31.7. The summed E-state index contributed by atoms with van der Waals surface area (Å²) in [7, 11) is 1.67. The van der Waals surface area contributed by atoms with Gasteiger partial charge in [-0.2, -0.15) is 0 Å². The Hall–Kier alpha value is -2.10. The minimum Gasteiger partial charge on any atom is -0.496 e. The average Bonchev–Trinajstić information content (AvgIpc) is 2.99. The van der Waals surface area contributed by atoms with E-state index in [9.17, 15) is 9.59 Å². The van der Waals surface area contributed by atoms with Crippen LogP contribution in [0.5, 0.6) is 5.75 Å². The molecule has 1 fully saturated rings. The Morgan fingerprint density at radius 3 is 2.14 bits per heavy atom. The molecule has 0 saturated heterocycles. The van der Waals surface area contributed by atoms with Crippen LogP contribution in [-0.2, 0) is 19.5 Å². The molecule has 1 aliphatic carbocycles. The summed E-state index contributed by atoms with van der Waals surface area (Å²) >= 11 is 3.42. The molecule has 240 valence electrons. The van der Waals surface area contributed by atoms with Crippen LogP contribution in [0, 0.1) is 6.92 Å². The number of nitrogens with one attached hydrogen (secondary N) is 2. The van der Waals surface area contributed by atoms with Crippen LogP contribution in [0.1, 0.15) is 98.1 Å². The number of methoxy groups -OCH3 is 1. The van der Waals surface area contributed by atoms with Gasteiger partial charge in [-0.25, -0.2) is 4.79 Å². The van der Waals surface area contributed by atoms with E-state index in [1.807, 2.05) is 19.9 Å². The van der Waals surface area contributed by atoms with Crippen molar-refractivity contribution in [3.63, 3.8) is 0 Å². The van der Waals surface area contributed by atoms with Crippen molar-refractivity contribution in [2.75, 3.05) is 32.1 Å². The Morgan fingerprint density at radius 2 is 1.64 bits per heavy atom. The van der Waals surface area contributed by atoms with Gasteiger partial charge in [0.1, 0.15) is 11.6 Å². The van der Waals surface area contributed by atoms with E-state index in [0.29, 0.717) is 30.5 Å². The standard InChI is InChI=1S/C21H39N5O2.C9H11BrO.C3H8/c1-6-24(7-2)14-15-26-19(16(4)20(27)25(8-3)21(26)28)23-17(5)22-18-12-10-9-11-13-18;1-3-7-4-5-9(11-2)8(10)6-7;1-3-2/h17-18,22-23H,6-15H2,1-5H3;4-6H,3H2,1-2H3;3H2,1-2H3. The minimum atomic E-state index is -0.224. The van der Waals surface area contributed by atoms with E-state index in [1.165, 1.54) is 48.7 Å². The number of anilines is 1. The van der Waals surface area contributed by atoms with Crippen LogP contribution in [-0.4, -0.2) is 53.0 Å². The third kappa shape index (κ3) is 11.9. The summed E-state index contributed by atoms with van der Waals surface area (Å²) in [6.45, 7) is 20.0. The van der Waals surface area contributed by atoms with Crippen molar-refractivity contribution in [1.82, 2.24) is 19.4 Å². The van der Waals surface area contributed by atoms with Crippen molar-refractivity contribution in [1.29, 1.82) is 0 Å². The quantitative estimate of drug-likeness (QED) is 0.246. The van der Waals surface area contributed by atoms with Gasteiger partial charge in [-0.3, -0.25) is 19.2 Å². The Kier molecular flexibility index (Phi) is 18.7. The first-order chi connectivity index (χ1) is 20.1. The topological polar surface area (TPSA) is 80.5 Å². The zero-order valence-corrected chi connectivity index (χ0v) is 29.4. The van der Waals surface area contributed by atoms with E-state index in [2.05, 4.69) is 85.1 Å². The molecule has 2 aromatic rings. The van der Waals surface area contributed by atoms with E-state index in [-0.39, 0.29) is 17.4 Å². The zero-order valence-electron chi connectivity index (χ0n) is 27.8. The predicted molar refractivity (Wildman–Crippen MR) is 182 cm³/mol. The molecule has 1 aromatic heterocycles. The maximum Gasteiger partial charge on any atom is 0.332 e. The number of aryl methyl sites for hydroxylation is 1. The third-order valence-electron chi connectivity index (χ3n) is 7.57. The summed E-state index contributed by atoms with van der Waals surface area (Å²) in [5, 5.41) is 7.07. The van der Waals surface area contributed by atoms with Crippen molar-refractivity contribution >= 4 is 21.7 Å². The highest BCUT2D eigenvalue weighted by Crippen LogP contribution is 2.25.